The van der Waals surface area contributed by atoms with E-state index < -0.39 is 29.6 Å². The predicted molar refractivity (Wildman–Crippen MR) is 103 cm³/mol. The van der Waals surface area contributed by atoms with E-state index in [1.807, 2.05) is 0 Å². The fourth-order valence-corrected chi connectivity index (χ4v) is 2.55. The summed E-state index contributed by atoms with van der Waals surface area (Å²) in [5, 5.41) is 11.7. The zero-order valence-corrected chi connectivity index (χ0v) is 15.4. The van der Waals surface area contributed by atoms with Crippen molar-refractivity contribution < 1.29 is 28.2 Å². The number of hydrogen-bond donors (Lipinski definition) is 2. The van der Waals surface area contributed by atoms with Crippen molar-refractivity contribution in [3.8, 4) is 16.9 Å². The van der Waals surface area contributed by atoms with Crippen LogP contribution in [-0.2, 0) is 9.53 Å². The number of aromatic hydroxyl groups is 1. The highest BCUT2D eigenvalue weighted by molar-refractivity contribution is 5.97. The molecule has 0 spiro atoms. The second-order valence-corrected chi connectivity index (χ2v) is 6.29. The van der Waals surface area contributed by atoms with Gasteiger partial charge in [0.1, 0.15) is 5.75 Å². The highest BCUT2D eigenvalue weighted by Gasteiger charge is 2.19. The van der Waals surface area contributed by atoms with Crippen molar-refractivity contribution in [2.24, 2.45) is 0 Å². The normalized spacial score (nSPS) is 11.6. The largest absolute Gasteiger partial charge is 0.508 e. The molecule has 1 amide bonds. The molecule has 0 heterocycles. The molecule has 3 rings (SSSR count). The smallest absolute Gasteiger partial charge is 0.338 e. The first-order valence-corrected chi connectivity index (χ1v) is 8.70. The molecule has 2 N–H and O–H groups in total. The quantitative estimate of drug-likeness (QED) is 0.621. The van der Waals surface area contributed by atoms with Gasteiger partial charge in [0.15, 0.2) is 17.7 Å². The average molecular weight is 397 g/mol. The number of hydrogen-bond acceptors (Lipinski definition) is 4. The Labute approximate surface area is 165 Å². The van der Waals surface area contributed by atoms with E-state index >= 15 is 0 Å². The number of ether oxygens (including phenoxy) is 1. The van der Waals surface area contributed by atoms with E-state index in [4.69, 9.17) is 4.74 Å². The Balaban J connectivity index is 1.62. The first-order valence-electron chi connectivity index (χ1n) is 8.70. The molecule has 29 heavy (non-hydrogen) atoms. The Morgan fingerprint density at radius 2 is 1.48 bits per heavy atom. The molecule has 5 nitrogen and oxygen atoms in total. The fourth-order valence-electron chi connectivity index (χ4n) is 2.55. The minimum Gasteiger partial charge on any atom is -0.508 e. The number of benzene rings is 3. The monoisotopic (exact) mass is 397 g/mol. The van der Waals surface area contributed by atoms with Crippen LogP contribution in [0.1, 0.15) is 17.3 Å². The third kappa shape index (κ3) is 4.95. The van der Waals surface area contributed by atoms with E-state index in [9.17, 15) is 23.5 Å². The molecule has 0 fully saturated rings. The van der Waals surface area contributed by atoms with Gasteiger partial charge in [0, 0.05) is 11.8 Å². The standard InChI is InChI=1S/C22H17F2NO4/c1-13(21(27)25-17-8-11-19(23)20(24)12-17)29-22(28)16-4-2-14(3-5-16)15-6-9-18(26)10-7-15/h2-13,26H,1H3,(H,25,27)/t13-/m1/s1. The summed E-state index contributed by atoms with van der Waals surface area (Å²) in [4.78, 5) is 24.4. The van der Waals surface area contributed by atoms with E-state index in [0.717, 1.165) is 23.3 Å². The summed E-state index contributed by atoms with van der Waals surface area (Å²) in [5.74, 6) is -3.34. The topological polar surface area (TPSA) is 75.6 Å². The molecule has 0 aliphatic heterocycles. The van der Waals surface area contributed by atoms with Crippen LogP contribution in [0.2, 0.25) is 0 Å². The van der Waals surface area contributed by atoms with Crippen molar-refractivity contribution in [1.82, 2.24) is 0 Å². The number of nitrogens with one attached hydrogen (secondary N) is 1. The number of phenolic OH excluding ortho intramolecular Hbond substituents is 1. The van der Waals surface area contributed by atoms with Crippen molar-refractivity contribution >= 4 is 17.6 Å². The molecule has 0 saturated carbocycles. The van der Waals surface area contributed by atoms with Gasteiger partial charge < -0.3 is 15.2 Å². The van der Waals surface area contributed by atoms with Gasteiger partial charge in [-0.15, -0.1) is 0 Å². The fraction of sp³-hybridized carbons (Fsp3) is 0.0909. The maximum atomic E-state index is 13.2. The Morgan fingerprint density at radius 1 is 0.897 bits per heavy atom. The van der Waals surface area contributed by atoms with E-state index in [2.05, 4.69) is 5.32 Å². The summed E-state index contributed by atoms with van der Waals surface area (Å²) in [6.45, 7) is 1.37. The van der Waals surface area contributed by atoms with Gasteiger partial charge in [-0.25, -0.2) is 13.6 Å². The van der Waals surface area contributed by atoms with Gasteiger partial charge in [0.25, 0.3) is 5.91 Å². The number of halogens is 2. The van der Waals surface area contributed by atoms with Crippen molar-refractivity contribution in [2.45, 2.75) is 13.0 Å². The lowest BCUT2D eigenvalue weighted by molar-refractivity contribution is -0.123. The molecule has 7 heteroatoms. The van der Waals surface area contributed by atoms with Crippen LogP contribution < -0.4 is 5.32 Å². The number of carbonyl (C=O) groups is 2. The Morgan fingerprint density at radius 3 is 2.07 bits per heavy atom. The number of anilines is 1. The summed E-state index contributed by atoms with van der Waals surface area (Å²) < 4.78 is 31.3. The van der Waals surface area contributed by atoms with Crippen LogP contribution >= 0.6 is 0 Å². The van der Waals surface area contributed by atoms with Crippen molar-refractivity contribution in [3.63, 3.8) is 0 Å². The van der Waals surface area contributed by atoms with Crippen molar-refractivity contribution in [2.75, 3.05) is 5.32 Å². The van der Waals surface area contributed by atoms with Crippen LogP contribution in [0.25, 0.3) is 11.1 Å². The average Bonchev–Trinajstić information content (AvgIpc) is 2.71. The zero-order valence-electron chi connectivity index (χ0n) is 15.4. The van der Waals surface area contributed by atoms with Gasteiger partial charge in [0.05, 0.1) is 5.56 Å². The molecule has 0 aromatic heterocycles. The lowest BCUT2D eigenvalue weighted by Gasteiger charge is -2.14. The van der Waals surface area contributed by atoms with Gasteiger partial charge in [-0.05, 0) is 54.4 Å². The number of phenols is 1. The zero-order chi connectivity index (χ0) is 21.0. The number of amides is 1. The minimum atomic E-state index is -1.15. The molecule has 1 atom stereocenters. The summed E-state index contributed by atoms with van der Waals surface area (Å²) >= 11 is 0. The highest BCUT2D eigenvalue weighted by Crippen LogP contribution is 2.22. The first kappa shape index (κ1) is 20.0. The van der Waals surface area contributed by atoms with Gasteiger partial charge >= 0.3 is 5.97 Å². The summed E-state index contributed by atoms with van der Waals surface area (Å²) in [5.41, 5.74) is 2.00. The third-order valence-corrected chi connectivity index (χ3v) is 4.16. The lowest BCUT2D eigenvalue weighted by atomic mass is 10.0. The van der Waals surface area contributed by atoms with Crippen molar-refractivity contribution in [1.29, 1.82) is 0 Å². The second kappa shape index (κ2) is 8.52. The van der Waals surface area contributed by atoms with Gasteiger partial charge in [0.2, 0.25) is 0 Å². The third-order valence-electron chi connectivity index (χ3n) is 4.16. The van der Waals surface area contributed by atoms with Gasteiger partial charge in [-0.2, -0.15) is 0 Å². The molecule has 3 aromatic rings. The molecule has 0 bridgehead atoms. The second-order valence-electron chi connectivity index (χ2n) is 6.29. The minimum absolute atomic E-state index is 0.0510. The molecular weight excluding hydrogens is 380 g/mol. The number of esters is 1. The molecule has 0 unspecified atom stereocenters. The van der Waals surface area contributed by atoms with E-state index in [1.165, 1.54) is 13.0 Å². The maximum Gasteiger partial charge on any atom is 0.338 e. The maximum absolute atomic E-state index is 13.2. The highest BCUT2D eigenvalue weighted by atomic mass is 19.2. The van der Waals surface area contributed by atoms with Crippen LogP contribution in [0.3, 0.4) is 0 Å². The van der Waals surface area contributed by atoms with Crippen LogP contribution in [0, 0.1) is 11.6 Å². The Hall–Kier alpha value is -3.74. The molecule has 148 valence electrons. The summed E-state index contributed by atoms with van der Waals surface area (Å²) in [6, 6.07) is 16.1. The van der Waals surface area contributed by atoms with Crippen LogP contribution in [0.15, 0.2) is 66.7 Å². The lowest BCUT2D eigenvalue weighted by Crippen LogP contribution is -2.30. The van der Waals surface area contributed by atoms with E-state index in [0.29, 0.717) is 0 Å². The van der Waals surface area contributed by atoms with Gasteiger partial charge in [-0.3, -0.25) is 4.79 Å². The summed E-state index contributed by atoms with van der Waals surface area (Å²) in [6.07, 6.45) is -1.15. The van der Waals surface area contributed by atoms with E-state index in [1.54, 1.807) is 48.5 Å². The Kier molecular flexibility index (Phi) is 5.87. The van der Waals surface area contributed by atoms with Crippen molar-refractivity contribution in [3.05, 3.63) is 83.9 Å². The van der Waals surface area contributed by atoms with E-state index in [-0.39, 0.29) is 17.0 Å². The van der Waals surface area contributed by atoms with Gasteiger partial charge in [-0.1, -0.05) is 24.3 Å². The molecule has 0 radical (unpaired) electrons. The molecular formula is C22H17F2NO4. The summed E-state index contributed by atoms with van der Waals surface area (Å²) in [7, 11) is 0. The molecule has 0 aliphatic carbocycles. The van der Waals surface area contributed by atoms with Crippen LogP contribution in [0.4, 0.5) is 14.5 Å². The molecule has 0 saturated heterocycles. The van der Waals surface area contributed by atoms with Crippen LogP contribution in [-0.4, -0.2) is 23.1 Å². The molecule has 3 aromatic carbocycles. The Bertz CT molecular complexity index is 1030. The number of carbonyl (C=O) groups excluding carboxylic acids is 2. The van der Waals surface area contributed by atoms with Crippen LogP contribution in [0.5, 0.6) is 5.75 Å². The SMILES string of the molecule is C[C@@H](OC(=O)c1ccc(-c2ccc(O)cc2)cc1)C(=O)Nc1ccc(F)c(F)c1. The molecule has 0 aliphatic rings. The first-order chi connectivity index (χ1) is 13.8. The predicted octanol–water partition coefficient (Wildman–Crippen LogP) is 4.52. The number of rotatable bonds is 5.